The molecule has 1 amide bonds. The van der Waals surface area contributed by atoms with Crippen molar-refractivity contribution in [3.05, 3.63) is 53.3 Å². The molecule has 4 rings (SSSR count). The normalized spacial score (nSPS) is 17.1. The van der Waals surface area contributed by atoms with E-state index in [1.807, 2.05) is 18.5 Å². The zero-order valence-electron chi connectivity index (χ0n) is 20.4. The number of nitrogens with one attached hydrogen (secondary N) is 2. The lowest BCUT2D eigenvalue weighted by Gasteiger charge is -2.26. The zero-order valence-corrected chi connectivity index (χ0v) is 20.4. The highest BCUT2D eigenvalue weighted by Crippen LogP contribution is 2.30. The van der Waals surface area contributed by atoms with Gasteiger partial charge in [0.1, 0.15) is 0 Å². The van der Waals surface area contributed by atoms with Gasteiger partial charge in [-0.1, -0.05) is 43.3 Å². The van der Waals surface area contributed by atoms with E-state index in [-0.39, 0.29) is 18.0 Å². The molecule has 1 atom stereocenters. The Morgan fingerprint density at radius 1 is 1.15 bits per heavy atom. The van der Waals surface area contributed by atoms with Crippen molar-refractivity contribution < 1.29 is 10.0 Å². The number of carbonyl (C=O) groups excluding carboxylic acids is 1. The lowest BCUT2D eigenvalue weighted by Crippen LogP contribution is -2.30. The van der Waals surface area contributed by atoms with Gasteiger partial charge in [-0.2, -0.15) is 5.10 Å². The number of amides is 1. The first-order valence-corrected chi connectivity index (χ1v) is 12.1. The fourth-order valence-electron chi connectivity index (χ4n) is 4.51. The Bertz CT molecular complexity index is 1170. The lowest BCUT2D eigenvalue weighted by molar-refractivity contribution is 0.0940. The maximum absolute atomic E-state index is 13.4. The molecule has 1 unspecified atom stereocenters. The summed E-state index contributed by atoms with van der Waals surface area (Å²) in [6.45, 7) is 9.05. The summed E-state index contributed by atoms with van der Waals surface area (Å²) in [5, 5.41) is 24.5. The van der Waals surface area contributed by atoms with Gasteiger partial charge in [0.15, 0.2) is 5.65 Å². The van der Waals surface area contributed by atoms with Crippen LogP contribution in [0.1, 0.15) is 86.8 Å². The molecule has 8 heteroatoms. The van der Waals surface area contributed by atoms with Crippen LogP contribution in [0.15, 0.2) is 41.8 Å². The Balaban J connectivity index is 1.60. The van der Waals surface area contributed by atoms with Crippen LogP contribution in [0, 0.1) is 0 Å². The number of pyridine rings is 1. The van der Waals surface area contributed by atoms with Gasteiger partial charge >= 0.3 is 0 Å². The highest BCUT2D eigenvalue weighted by atomic mass is 16.4. The number of fused-ring (bicyclic) bond motifs is 1. The second kappa shape index (κ2) is 10.2. The van der Waals surface area contributed by atoms with Gasteiger partial charge in [-0.3, -0.25) is 4.79 Å². The minimum atomic E-state index is -0.171. The Morgan fingerprint density at radius 3 is 2.44 bits per heavy atom. The summed E-state index contributed by atoms with van der Waals surface area (Å²) in [6.07, 6.45) is 6.58. The van der Waals surface area contributed by atoms with Crippen LogP contribution in [0.3, 0.4) is 0 Å². The molecule has 1 aliphatic rings. The van der Waals surface area contributed by atoms with Crippen molar-refractivity contribution in [2.24, 2.45) is 5.16 Å². The first-order valence-electron chi connectivity index (χ1n) is 12.1. The predicted molar refractivity (Wildman–Crippen MR) is 135 cm³/mol. The monoisotopic (exact) mass is 462 g/mol. The molecule has 0 aliphatic heterocycles. The molecule has 8 nitrogen and oxygen atoms in total. The van der Waals surface area contributed by atoms with Crippen molar-refractivity contribution in [1.82, 2.24) is 20.1 Å². The van der Waals surface area contributed by atoms with Crippen LogP contribution in [-0.4, -0.2) is 37.6 Å². The van der Waals surface area contributed by atoms with Gasteiger partial charge in [0.05, 0.1) is 34.6 Å². The average molecular weight is 463 g/mol. The molecule has 1 saturated carbocycles. The topological polar surface area (TPSA) is 104 Å². The third-order valence-corrected chi connectivity index (χ3v) is 6.71. The second-order valence-electron chi connectivity index (χ2n) is 9.35. The Morgan fingerprint density at radius 2 is 1.82 bits per heavy atom. The van der Waals surface area contributed by atoms with Gasteiger partial charge < -0.3 is 15.8 Å². The fourth-order valence-corrected chi connectivity index (χ4v) is 4.51. The van der Waals surface area contributed by atoms with E-state index < -0.39 is 0 Å². The fraction of sp³-hybridized carbons (Fsp3) is 0.462. The van der Waals surface area contributed by atoms with E-state index >= 15 is 0 Å². The Labute approximate surface area is 200 Å². The standard InChI is InChI=1S/C26H34N6O2/c1-5-32-25-22(15-28-32)24(30-20-10-12-21(31-34)13-11-20)23(14-27-25)26(33)29-17(4)19-8-6-18(7-9-19)16(2)3/h6-9,14-17,20,34H,5,10-13H2,1-4H3,(H,27,30)(H,29,33). The van der Waals surface area contributed by atoms with Gasteiger partial charge in [0, 0.05) is 18.8 Å². The Hall–Kier alpha value is -3.42. The number of aromatic nitrogens is 3. The van der Waals surface area contributed by atoms with E-state index in [9.17, 15) is 4.79 Å². The molecule has 34 heavy (non-hydrogen) atoms. The summed E-state index contributed by atoms with van der Waals surface area (Å²) in [5.74, 6) is 0.295. The number of nitrogens with zero attached hydrogens (tertiary/aromatic N) is 4. The lowest BCUT2D eigenvalue weighted by atomic mass is 9.93. The van der Waals surface area contributed by atoms with E-state index in [4.69, 9.17) is 5.21 Å². The van der Waals surface area contributed by atoms with Gasteiger partial charge in [-0.25, -0.2) is 9.67 Å². The van der Waals surface area contributed by atoms with Crippen molar-refractivity contribution in [2.45, 2.75) is 77.9 Å². The maximum atomic E-state index is 13.4. The number of aryl methyl sites for hydroxylation is 1. The highest BCUT2D eigenvalue weighted by Gasteiger charge is 2.24. The molecule has 1 fully saturated rings. The second-order valence-corrected chi connectivity index (χ2v) is 9.35. The number of benzene rings is 1. The van der Waals surface area contributed by atoms with E-state index in [0.29, 0.717) is 18.0 Å². The van der Waals surface area contributed by atoms with Crippen molar-refractivity contribution in [3.8, 4) is 0 Å². The van der Waals surface area contributed by atoms with E-state index in [1.54, 1.807) is 12.4 Å². The van der Waals surface area contributed by atoms with Crippen LogP contribution in [0.25, 0.3) is 11.0 Å². The summed E-state index contributed by atoms with van der Waals surface area (Å²) in [6, 6.07) is 8.43. The summed E-state index contributed by atoms with van der Waals surface area (Å²) >= 11 is 0. The summed E-state index contributed by atoms with van der Waals surface area (Å²) in [5.41, 5.74) is 5.19. The zero-order chi connectivity index (χ0) is 24.2. The van der Waals surface area contributed by atoms with Crippen LogP contribution < -0.4 is 10.6 Å². The van der Waals surface area contributed by atoms with Crippen LogP contribution in [0.2, 0.25) is 0 Å². The van der Waals surface area contributed by atoms with Crippen LogP contribution in [0.5, 0.6) is 0 Å². The molecule has 0 bridgehead atoms. The quantitative estimate of drug-likeness (QED) is 0.329. The number of hydrogen-bond donors (Lipinski definition) is 3. The number of oxime groups is 1. The first kappa shape index (κ1) is 23.7. The van der Waals surface area contributed by atoms with E-state index in [0.717, 1.165) is 53.7 Å². The third kappa shape index (κ3) is 4.90. The molecule has 3 N–H and O–H groups in total. The highest BCUT2D eigenvalue weighted by molar-refractivity contribution is 6.06. The minimum absolute atomic E-state index is 0.145. The minimum Gasteiger partial charge on any atom is -0.411 e. The van der Waals surface area contributed by atoms with Crippen molar-refractivity contribution in [1.29, 1.82) is 0 Å². The molecular formula is C26H34N6O2. The number of anilines is 1. The van der Waals surface area contributed by atoms with Gasteiger partial charge in [0.25, 0.3) is 5.91 Å². The van der Waals surface area contributed by atoms with Crippen LogP contribution in [-0.2, 0) is 6.54 Å². The van der Waals surface area contributed by atoms with Crippen molar-refractivity contribution >= 4 is 28.3 Å². The summed E-state index contributed by atoms with van der Waals surface area (Å²) < 4.78 is 1.83. The molecule has 1 aliphatic carbocycles. The molecule has 0 spiro atoms. The van der Waals surface area contributed by atoms with Crippen LogP contribution in [0.4, 0.5) is 5.69 Å². The first-order chi connectivity index (χ1) is 16.4. The largest absolute Gasteiger partial charge is 0.411 e. The van der Waals surface area contributed by atoms with Gasteiger partial charge in [0.2, 0.25) is 0 Å². The molecule has 3 aromatic rings. The molecule has 0 saturated heterocycles. The smallest absolute Gasteiger partial charge is 0.255 e. The van der Waals surface area contributed by atoms with E-state index in [2.05, 4.69) is 64.0 Å². The average Bonchev–Trinajstić information content (AvgIpc) is 3.28. The Kier molecular flexibility index (Phi) is 7.14. The molecule has 2 aromatic heterocycles. The maximum Gasteiger partial charge on any atom is 0.255 e. The molecule has 180 valence electrons. The molecule has 0 radical (unpaired) electrons. The number of carbonyl (C=O) groups is 1. The van der Waals surface area contributed by atoms with Gasteiger partial charge in [-0.15, -0.1) is 0 Å². The van der Waals surface area contributed by atoms with Crippen molar-refractivity contribution in [3.63, 3.8) is 0 Å². The molecular weight excluding hydrogens is 428 g/mol. The van der Waals surface area contributed by atoms with Crippen molar-refractivity contribution in [2.75, 3.05) is 5.32 Å². The van der Waals surface area contributed by atoms with Crippen LogP contribution >= 0.6 is 0 Å². The molecule has 1 aromatic carbocycles. The van der Waals surface area contributed by atoms with Gasteiger partial charge in [-0.05, 0) is 56.6 Å². The third-order valence-electron chi connectivity index (χ3n) is 6.71. The number of hydrogen-bond acceptors (Lipinski definition) is 6. The molecule has 2 heterocycles. The van der Waals surface area contributed by atoms with E-state index in [1.165, 1.54) is 5.56 Å². The number of rotatable bonds is 7. The summed E-state index contributed by atoms with van der Waals surface area (Å²) in [7, 11) is 0. The predicted octanol–water partition coefficient (Wildman–Crippen LogP) is 5.25. The SMILES string of the molecule is CCn1ncc2c(NC3CCC(=NO)CC3)c(C(=O)NC(C)c3ccc(C(C)C)cc3)cnc21. The summed E-state index contributed by atoms with van der Waals surface area (Å²) in [4.78, 5) is 18.0.